The molecular weight excluding hydrogens is 134 g/mol. The third-order valence-electron chi connectivity index (χ3n) is 0.877. The average Bonchev–Trinajstić information content (AvgIpc) is 2.40. The van der Waals surface area contributed by atoms with Crippen molar-refractivity contribution in [3.8, 4) is 5.88 Å². The summed E-state index contributed by atoms with van der Waals surface area (Å²) >= 11 is 0. The largest absolute Gasteiger partial charge is 0.413 e. The molecule has 5 nitrogen and oxygen atoms in total. The molecule has 0 fully saturated rings. The minimum absolute atomic E-state index is 0.263. The summed E-state index contributed by atoms with van der Waals surface area (Å²) < 4.78 is 4.61. The van der Waals surface area contributed by atoms with Crippen molar-refractivity contribution < 1.29 is 9.53 Å². The summed E-state index contributed by atoms with van der Waals surface area (Å²) in [5.74, 6) is 0.263. The molecule has 0 radical (unpaired) electrons. The molecule has 5 heteroatoms. The molecule has 0 spiro atoms. The second kappa shape index (κ2) is 2.86. The molecule has 0 saturated heterocycles. The van der Waals surface area contributed by atoms with Gasteiger partial charge in [0.2, 0.25) is 5.88 Å². The van der Waals surface area contributed by atoms with Gasteiger partial charge < -0.3 is 10.1 Å². The van der Waals surface area contributed by atoms with E-state index in [0.29, 0.717) is 0 Å². The minimum atomic E-state index is -0.521. The van der Waals surface area contributed by atoms with Gasteiger partial charge in [0.05, 0.1) is 0 Å². The van der Waals surface area contributed by atoms with Crippen LogP contribution in [0.2, 0.25) is 0 Å². The molecule has 1 rings (SSSR count). The SMILES string of the molecule is CNC(=O)Oc1cc[nH]n1. The van der Waals surface area contributed by atoms with Gasteiger partial charge in [-0.3, -0.25) is 5.10 Å². The number of hydrogen-bond acceptors (Lipinski definition) is 3. The number of hydrogen-bond donors (Lipinski definition) is 2. The lowest BCUT2D eigenvalue weighted by Gasteiger charge is -1.95. The third kappa shape index (κ3) is 1.48. The summed E-state index contributed by atoms with van der Waals surface area (Å²) in [6, 6.07) is 1.55. The van der Waals surface area contributed by atoms with Crippen LogP contribution in [0.4, 0.5) is 4.79 Å². The zero-order chi connectivity index (χ0) is 7.40. The van der Waals surface area contributed by atoms with E-state index in [0.717, 1.165) is 0 Å². The predicted octanol–water partition coefficient (Wildman–Crippen LogP) is 0.128. The molecule has 0 saturated carbocycles. The van der Waals surface area contributed by atoms with E-state index in [-0.39, 0.29) is 5.88 Å². The van der Waals surface area contributed by atoms with E-state index in [1.165, 1.54) is 7.05 Å². The first-order chi connectivity index (χ1) is 4.83. The molecule has 0 aliphatic heterocycles. The average molecular weight is 141 g/mol. The highest BCUT2D eigenvalue weighted by molar-refractivity contribution is 5.69. The van der Waals surface area contributed by atoms with Gasteiger partial charge in [-0.15, -0.1) is 5.10 Å². The Hall–Kier alpha value is -1.52. The van der Waals surface area contributed by atoms with Crippen molar-refractivity contribution in [3.63, 3.8) is 0 Å². The molecule has 0 aromatic carbocycles. The standard InChI is InChI=1S/C5H7N3O2/c1-6-5(9)10-4-2-3-7-8-4/h2-3H,1H3,(H,6,9)(H,7,8). The topological polar surface area (TPSA) is 67.0 Å². The zero-order valence-electron chi connectivity index (χ0n) is 5.42. The molecule has 1 heterocycles. The van der Waals surface area contributed by atoms with Gasteiger partial charge in [-0.05, 0) is 0 Å². The smallest absolute Gasteiger partial charge is 0.390 e. The Kier molecular flexibility index (Phi) is 1.89. The summed E-state index contributed by atoms with van der Waals surface area (Å²) in [6.45, 7) is 0. The molecule has 0 atom stereocenters. The molecule has 0 aliphatic rings. The van der Waals surface area contributed by atoms with Crippen LogP contribution in [0, 0.1) is 0 Å². The number of ether oxygens (including phenoxy) is 1. The van der Waals surface area contributed by atoms with Crippen LogP contribution in [0.25, 0.3) is 0 Å². The van der Waals surface area contributed by atoms with E-state index in [4.69, 9.17) is 0 Å². The summed E-state index contributed by atoms with van der Waals surface area (Å²) in [5.41, 5.74) is 0. The van der Waals surface area contributed by atoms with Crippen LogP contribution in [-0.2, 0) is 0 Å². The lowest BCUT2D eigenvalue weighted by atomic mass is 10.7. The lowest BCUT2D eigenvalue weighted by molar-refractivity contribution is 0.201. The normalized spacial score (nSPS) is 8.90. The summed E-state index contributed by atoms with van der Waals surface area (Å²) in [4.78, 5) is 10.5. The van der Waals surface area contributed by atoms with Gasteiger partial charge in [-0.1, -0.05) is 0 Å². The highest BCUT2D eigenvalue weighted by Crippen LogP contribution is 2.00. The summed E-state index contributed by atoms with van der Waals surface area (Å²) in [5, 5.41) is 8.39. The molecule has 2 N–H and O–H groups in total. The maximum atomic E-state index is 10.5. The third-order valence-corrected chi connectivity index (χ3v) is 0.877. The number of aromatic amines is 1. The molecule has 1 aromatic heterocycles. The molecular formula is C5H7N3O2. The molecule has 54 valence electrons. The van der Waals surface area contributed by atoms with E-state index < -0.39 is 6.09 Å². The van der Waals surface area contributed by atoms with E-state index in [1.54, 1.807) is 12.3 Å². The first-order valence-electron chi connectivity index (χ1n) is 2.72. The van der Waals surface area contributed by atoms with Crippen molar-refractivity contribution >= 4 is 6.09 Å². The van der Waals surface area contributed by atoms with E-state index in [9.17, 15) is 4.79 Å². The van der Waals surface area contributed by atoms with Crippen molar-refractivity contribution in [1.29, 1.82) is 0 Å². The fourth-order valence-electron chi connectivity index (χ4n) is 0.450. The zero-order valence-corrected chi connectivity index (χ0v) is 5.42. The van der Waals surface area contributed by atoms with Crippen LogP contribution in [-0.4, -0.2) is 23.3 Å². The van der Waals surface area contributed by atoms with Crippen molar-refractivity contribution in [3.05, 3.63) is 12.3 Å². The molecule has 10 heavy (non-hydrogen) atoms. The number of aromatic nitrogens is 2. The van der Waals surface area contributed by atoms with Crippen LogP contribution in [0.5, 0.6) is 5.88 Å². The van der Waals surface area contributed by atoms with Crippen LogP contribution in [0.3, 0.4) is 0 Å². The number of carbonyl (C=O) groups excluding carboxylic acids is 1. The Morgan fingerprint density at radius 2 is 2.70 bits per heavy atom. The molecule has 1 aromatic rings. The Labute approximate surface area is 57.4 Å². The van der Waals surface area contributed by atoms with Gasteiger partial charge in [0.1, 0.15) is 0 Å². The maximum absolute atomic E-state index is 10.5. The second-order valence-electron chi connectivity index (χ2n) is 1.55. The number of rotatable bonds is 1. The van der Waals surface area contributed by atoms with Gasteiger partial charge >= 0.3 is 6.09 Å². The van der Waals surface area contributed by atoms with Crippen LogP contribution >= 0.6 is 0 Å². The van der Waals surface area contributed by atoms with Crippen molar-refractivity contribution in [2.24, 2.45) is 0 Å². The monoisotopic (exact) mass is 141 g/mol. The Balaban J connectivity index is 2.48. The number of carbonyl (C=O) groups is 1. The van der Waals surface area contributed by atoms with Crippen molar-refractivity contribution in [2.75, 3.05) is 7.05 Å². The first kappa shape index (κ1) is 6.60. The fourth-order valence-corrected chi connectivity index (χ4v) is 0.450. The fraction of sp³-hybridized carbons (Fsp3) is 0.200. The first-order valence-corrected chi connectivity index (χ1v) is 2.72. The lowest BCUT2D eigenvalue weighted by Crippen LogP contribution is -2.22. The van der Waals surface area contributed by atoms with Gasteiger partial charge in [0.15, 0.2) is 0 Å². The van der Waals surface area contributed by atoms with Gasteiger partial charge in [-0.2, -0.15) is 0 Å². The minimum Gasteiger partial charge on any atom is -0.390 e. The molecule has 0 aliphatic carbocycles. The van der Waals surface area contributed by atoms with Crippen molar-refractivity contribution in [1.82, 2.24) is 15.5 Å². The Morgan fingerprint density at radius 1 is 1.90 bits per heavy atom. The van der Waals surface area contributed by atoms with Crippen LogP contribution in [0.1, 0.15) is 0 Å². The Morgan fingerprint density at radius 3 is 3.20 bits per heavy atom. The van der Waals surface area contributed by atoms with Gasteiger partial charge in [0, 0.05) is 19.3 Å². The van der Waals surface area contributed by atoms with Crippen LogP contribution in [0.15, 0.2) is 12.3 Å². The van der Waals surface area contributed by atoms with E-state index in [1.807, 2.05) is 0 Å². The molecule has 1 amide bonds. The van der Waals surface area contributed by atoms with Crippen molar-refractivity contribution in [2.45, 2.75) is 0 Å². The number of H-pyrrole nitrogens is 1. The number of nitrogens with zero attached hydrogens (tertiary/aromatic N) is 1. The van der Waals surface area contributed by atoms with Crippen LogP contribution < -0.4 is 10.1 Å². The van der Waals surface area contributed by atoms with Gasteiger partial charge in [-0.25, -0.2) is 4.79 Å². The second-order valence-corrected chi connectivity index (χ2v) is 1.55. The maximum Gasteiger partial charge on any atom is 0.413 e. The molecule has 0 unspecified atom stereocenters. The number of amides is 1. The highest BCUT2D eigenvalue weighted by atomic mass is 16.6. The highest BCUT2D eigenvalue weighted by Gasteiger charge is 2.00. The van der Waals surface area contributed by atoms with E-state index >= 15 is 0 Å². The number of nitrogens with one attached hydrogen (secondary N) is 2. The van der Waals surface area contributed by atoms with E-state index in [2.05, 4.69) is 20.3 Å². The summed E-state index contributed by atoms with van der Waals surface area (Å²) in [7, 11) is 1.48. The Bertz CT molecular complexity index is 207. The summed E-state index contributed by atoms with van der Waals surface area (Å²) in [6.07, 6.45) is 1.05. The predicted molar refractivity (Wildman–Crippen MR) is 33.7 cm³/mol. The quantitative estimate of drug-likeness (QED) is 0.584. The molecule has 0 bridgehead atoms. The van der Waals surface area contributed by atoms with Gasteiger partial charge in [0.25, 0.3) is 0 Å².